The van der Waals surface area contributed by atoms with Gasteiger partial charge in [0.1, 0.15) is 0 Å². The molecule has 2 aliphatic rings. The minimum absolute atomic E-state index is 0.0545. The van der Waals surface area contributed by atoms with Gasteiger partial charge < -0.3 is 4.90 Å². The van der Waals surface area contributed by atoms with E-state index in [0.29, 0.717) is 0 Å². The second-order valence-corrected chi connectivity index (χ2v) is 6.40. The van der Waals surface area contributed by atoms with Crippen LogP contribution in [0.2, 0.25) is 0 Å². The van der Waals surface area contributed by atoms with Crippen molar-refractivity contribution in [1.82, 2.24) is 9.88 Å². The van der Waals surface area contributed by atoms with Crippen LogP contribution in [0.15, 0.2) is 54.0 Å². The average Bonchev–Trinajstić information content (AvgIpc) is 2.63. The van der Waals surface area contributed by atoms with Crippen LogP contribution in [0.3, 0.4) is 0 Å². The lowest BCUT2D eigenvalue weighted by molar-refractivity contribution is 0.439. The van der Waals surface area contributed by atoms with Crippen molar-refractivity contribution in [3.8, 4) is 0 Å². The fourth-order valence-electron chi connectivity index (χ4n) is 2.51. The summed E-state index contributed by atoms with van der Waals surface area (Å²) < 4.78 is -0.0545. The SMILES string of the molecule is CC1(Br)C(=Cc2ccncc2)CN2CC=CC=C21. The van der Waals surface area contributed by atoms with E-state index in [1.165, 1.54) is 16.8 Å². The molecule has 1 aromatic rings. The van der Waals surface area contributed by atoms with Gasteiger partial charge in [0.25, 0.3) is 0 Å². The maximum absolute atomic E-state index is 4.06. The molecule has 3 heterocycles. The third-order valence-electron chi connectivity index (χ3n) is 3.55. The molecule has 3 heteroatoms. The number of allylic oxidation sites excluding steroid dienone is 3. The van der Waals surface area contributed by atoms with Crippen molar-refractivity contribution < 1.29 is 0 Å². The normalized spacial score (nSPS) is 28.4. The molecule has 1 unspecified atom stereocenters. The Balaban J connectivity index is 1.98. The summed E-state index contributed by atoms with van der Waals surface area (Å²) in [5.41, 5.74) is 3.95. The molecular weight excluding hydrogens is 288 g/mol. The highest BCUT2D eigenvalue weighted by Crippen LogP contribution is 2.44. The first kappa shape index (κ1) is 11.7. The third kappa shape index (κ3) is 1.93. The molecule has 18 heavy (non-hydrogen) atoms. The van der Waals surface area contributed by atoms with E-state index in [4.69, 9.17) is 0 Å². The van der Waals surface area contributed by atoms with Gasteiger partial charge in [0.05, 0.1) is 4.32 Å². The molecular formula is C15H15BrN2. The number of pyridine rings is 1. The highest BCUT2D eigenvalue weighted by atomic mass is 79.9. The van der Waals surface area contributed by atoms with Crippen molar-refractivity contribution in [2.45, 2.75) is 11.2 Å². The minimum atomic E-state index is -0.0545. The van der Waals surface area contributed by atoms with Gasteiger partial charge in [-0.15, -0.1) is 0 Å². The summed E-state index contributed by atoms with van der Waals surface area (Å²) in [6.07, 6.45) is 12.5. The molecule has 0 bridgehead atoms. The van der Waals surface area contributed by atoms with Gasteiger partial charge in [0, 0.05) is 31.2 Å². The molecule has 1 aromatic heterocycles. The molecule has 1 saturated heterocycles. The van der Waals surface area contributed by atoms with Crippen molar-refractivity contribution >= 4 is 22.0 Å². The Morgan fingerprint density at radius 1 is 1.39 bits per heavy atom. The van der Waals surface area contributed by atoms with Crippen LogP contribution in [-0.4, -0.2) is 27.3 Å². The fourth-order valence-corrected chi connectivity index (χ4v) is 3.14. The molecule has 0 amide bonds. The van der Waals surface area contributed by atoms with E-state index in [9.17, 15) is 0 Å². The number of hydrogen-bond donors (Lipinski definition) is 0. The topological polar surface area (TPSA) is 16.1 Å². The first-order valence-electron chi connectivity index (χ1n) is 6.10. The van der Waals surface area contributed by atoms with E-state index in [2.05, 4.69) is 57.0 Å². The highest BCUT2D eigenvalue weighted by molar-refractivity contribution is 9.10. The van der Waals surface area contributed by atoms with E-state index in [1.54, 1.807) is 0 Å². The van der Waals surface area contributed by atoms with E-state index in [-0.39, 0.29) is 4.32 Å². The van der Waals surface area contributed by atoms with Gasteiger partial charge in [-0.25, -0.2) is 0 Å². The van der Waals surface area contributed by atoms with Crippen LogP contribution >= 0.6 is 15.9 Å². The van der Waals surface area contributed by atoms with Gasteiger partial charge >= 0.3 is 0 Å². The maximum Gasteiger partial charge on any atom is 0.0854 e. The summed E-state index contributed by atoms with van der Waals surface area (Å²) in [5, 5.41) is 0. The summed E-state index contributed by atoms with van der Waals surface area (Å²) in [7, 11) is 0. The molecule has 2 nitrogen and oxygen atoms in total. The third-order valence-corrected chi connectivity index (χ3v) is 4.46. The zero-order chi connectivity index (χ0) is 12.6. The predicted octanol–water partition coefficient (Wildman–Crippen LogP) is 3.39. The Bertz CT molecular complexity index is 541. The van der Waals surface area contributed by atoms with Crippen LogP contribution in [-0.2, 0) is 0 Å². The van der Waals surface area contributed by atoms with Gasteiger partial charge in [-0.05, 0) is 36.3 Å². The van der Waals surface area contributed by atoms with Crippen molar-refractivity contribution in [3.63, 3.8) is 0 Å². The number of halogens is 1. The van der Waals surface area contributed by atoms with Crippen LogP contribution in [0, 0.1) is 0 Å². The van der Waals surface area contributed by atoms with Crippen molar-refractivity contribution in [1.29, 1.82) is 0 Å². The van der Waals surface area contributed by atoms with Crippen molar-refractivity contribution in [3.05, 3.63) is 59.6 Å². The monoisotopic (exact) mass is 302 g/mol. The van der Waals surface area contributed by atoms with Crippen LogP contribution in [0.4, 0.5) is 0 Å². The summed E-state index contributed by atoms with van der Waals surface area (Å²) in [6.45, 7) is 4.21. The smallest absolute Gasteiger partial charge is 0.0854 e. The van der Waals surface area contributed by atoms with Gasteiger partial charge in [-0.1, -0.05) is 34.2 Å². The lowest BCUT2D eigenvalue weighted by Crippen LogP contribution is -2.24. The average molecular weight is 303 g/mol. The lowest BCUT2D eigenvalue weighted by atomic mass is 9.99. The predicted molar refractivity (Wildman–Crippen MR) is 78.3 cm³/mol. The van der Waals surface area contributed by atoms with E-state index >= 15 is 0 Å². The summed E-state index contributed by atoms with van der Waals surface area (Å²) in [6, 6.07) is 4.08. The second-order valence-electron chi connectivity index (χ2n) is 4.81. The Labute approximate surface area is 116 Å². The van der Waals surface area contributed by atoms with Gasteiger partial charge in [0.15, 0.2) is 0 Å². The van der Waals surface area contributed by atoms with Gasteiger partial charge in [0.2, 0.25) is 0 Å². The molecule has 0 radical (unpaired) electrons. The number of alkyl halides is 1. The number of nitrogens with zero attached hydrogens (tertiary/aromatic N) is 2. The van der Waals surface area contributed by atoms with Crippen LogP contribution in [0.25, 0.3) is 6.08 Å². The zero-order valence-electron chi connectivity index (χ0n) is 10.3. The number of hydrogen-bond acceptors (Lipinski definition) is 2. The second kappa shape index (κ2) is 4.39. The molecule has 0 N–H and O–H groups in total. The largest absolute Gasteiger partial charge is 0.366 e. The van der Waals surface area contributed by atoms with Crippen molar-refractivity contribution in [2.75, 3.05) is 13.1 Å². The standard InChI is InChI=1S/C15H15BrN2/c1-15(16)13(10-12-5-7-17-8-6-12)11-18-9-3-2-4-14(15)18/h2-8,10H,9,11H2,1H3. The maximum atomic E-state index is 4.06. The molecule has 2 aliphatic heterocycles. The molecule has 0 aromatic carbocycles. The Hall–Kier alpha value is -1.35. The lowest BCUT2D eigenvalue weighted by Gasteiger charge is -2.25. The van der Waals surface area contributed by atoms with Gasteiger partial charge in [-0.3, -0.25) is 4.98 Å². The number of aromatic nitrogens is 1. The molecule has 0 aliphatic carbocycles. The summed E-state index contributed by atoms with van der Waals surface area (Å²) >= 11 is 3.88. The van der Waals surface area contributed by atoms with E-state index in [1.807, 2.05) is 24.5 Å². The van der Waals surface area contributed by atoms with Crippen LogP contribution < -0.4 is 0 Å². The Morgan fingerprint density at radius 3 is 2.89 bits per heavy atom. The molecule has 3 rings (SSSR count). The van der Waals surface area contributed by atoms with E-state index < -0.39 is 0 Å². The number of fused-ring (bicyclic) bond motifs is 1. The molecule has 92 valence electrons. The first-order valence-corrected chi connectivity index (χ1v) is 6.89. The Kier molecular flexibility index (Phi) is 2.86. The Morgan fingerprint density at radius 2 is 2.17 bits per heavy atom. The highest BCUT2D eigenvalue weighted by Gasteiger charge is 2.40. The summed E-state index contributed by atoms with van der Waals surface area (Å²) in [4.78, 5) is 6.46. The molecule has 1 fully saturated rings. The first-order chi connectivity index (χ1) is 8.68. The van der Waals surface area contributed by atoms with Gasteiger partial charge in [-0.2, -0.15) is 0 Å². The molecule has 0 saturated carbocycles. The molecule has 1 atom stereocenters. The zero-order valence-corrected chi connectivity index (χ0v) is 11.9. The van der Waals surface area contributed by atoms with Crippen LogP contribution in [0.5, 0.6) is 0 Å². The summed E-state index contributed by atoms with van der Waals surface area (Å²) in [5.74, 6) is 0. The van der Waals surface area contributed by atoms with Crippen molar-refractivity contribution in [2.24, 2.45) is 0 Å². The fraction of sp³-hybridized carbons (Fsp3) is 0.267. The minimum Gasteiger partial charge on any atom is -0.366 e. The quantitative estimate of drug-likeness (QED) is 0.739. The van der Waals surface area contributed by atoms with E-state index in [0.717, 1.165) is 13.1 Å². The molecule has 0 spiro atoms. The van der Waals surface area contributed by atoms with Crippen LogP contribution in [0.1, 0.15) is 12.5 Å². The number of rotatable bonds is 1.